The van der Waals surface area contributed by atoms with Gasteiger partial charge < -0.3 is 10.3 Å². The fourth-order valence-corrected chi connectivity index (χ4v) is 1.06. The molecule has 0 aliphatic heterocycles. The number of nitrogen functional groups attached to an aromatic ring is 1. The van der Waals surface area contributed by atoms with Crippen LogP contribution in [0.3, 0.4) is 0 Å². The van der Waals surface area contributed by atoms with Crippen LogP contribution >= 0.6 is 0 Å². The van der Waals surface area contributed by atoms with E-state index in [4.69, 9.17) is 5.73 Å². The van der Waals surface area contributed by atoms with E-state index in [0.717, 1.165) is 6.07 Å². The van der Waals surface area contributed by atoms with Gasteiger partial charge in [0, 0.05) is 0 Å². The maximum atomic E-state index is 13.2. The van der Waals surface area contributed by atoms with Gasteiger partial charge in [0.2, 0.25) is 0 Å². The molecule has 2 aromatic rings. The fraction of sp³-hybridized carbons (Fsp3) is 0. The number of aromatic nitrogens is 2. The van der Waals surface area contributed by atoms with E-state index in [-0.39, 0.29) is 5.95 Å². The quantitative estimate of drug-likeness (QED) is 0.736. The molecule has 0 spiro atoms. The summed E-state index contributed by atoms with van der Waals surface area (Å²) in [4.78, 5) is 3.40. The van der Waals surface area contributed by atoms with Gasteiger partial charge in [0.25, 0.3) is 11.8 Å². The largest absolute Gasteiger partial charge is 0.365 e. The topological polar surface area (TPSA) is 64.9 Å². The van der Waals surface area contributed by atoms with E-state index in [2.05, 4.69) is 14.7 Å². The van der Waals surface area contributed by atoms with Crippen LogP contribution in [-0.4, -0.2) is 10.1 Å². The summed E-state index contributed by atoms with van der Waals surface area (Å²) in [5.74, 6) is -4.38. The first-order valence-corrected chi connectivity index (χ1v) is 3.82. The molecule has 0 radical (unpaired) electrons. The number of nitrogens with two attached hydrogens (primary N) is 1. The van der Waals surface area contributed by atoms with Crippen molar-refractivity contribution in [2.45, 2.75) is 0 Å². The van der Waals surface area contributed by atoms with E-state index < -0.39 is 28.9 Å². The van der Waals surface area contributed by atoms with Crippen LogP contribution < -0.4 is 5.73 Å². The highest BCUT2D eigenvalue weighted by Crippen LogP contribution is 2.26. The molecule has 78 valence electrons. The van der Waals surface area contributed by atoms with E-state index in [1.165, 1.54) is 0 Å². The molecule has 0 bridgehead atoms. The number of halogens is 3. The van der Waals surface area contributed by atoms with Crippen LogP contribution in [0.15, 0.2) is 16.7 Å². The molecule has 0 fully saturated rings. The Kier molecular flexibility index (Phi) is 2.07. The molecule has 0 amide bonds. The zero-order valence-corrected chi connectivity index (χ0v) is 7.17. The van der Waals surface area contributed by atoms with Gasteiger partial charge in [-0.3, -0.25) is 0 Å². The molecule has 0 unspecified atom stereocenters. The van der Waals surface area contributed by atoms with Gasteiger partial charge in [-0.05, 0) is 17.3 Å². The average Bonchev–Trinajstić information content (AvgIpc) is 2.59. The van der Waals surface area contributed by atoms with Crippen molar-refractivity contribution in [1.29, 1.82) is 0 Å². The molecule has 1 aromatic carbocycles. The van der Waals surface area contributed by atoms with E-state index in [0.29, 0.717) is 6.07 Å². The van der Waals surface area contributed by atoms with Crippen molar-refractivity contribution in [3.8, 4) is 11.5 Å². The number of rotatable bonds is 1. The molecule has 0 saturated carbocycles. The van der Waals surface area contributed by atoms with Crippen LogP contribution in [0.4, 0.5) is 19.1 Å². The van der Waals surface area contributed by atoms with Crippen molar-refractivity contribution < 1.29 is 17.7 Å². The van der Waals surface area contributed by atoms with Crippen LogP contribution in [0.5, 0.6) is 0 Å². The highest BCUT2D eigenvalue weighted by atomic mass is 19.2. The molecule has 4 nitrogen and oxygen atoms in total. The zero-order valence-electron chi connectivity index (χ0n) is 7.17. The first-order chi connectivity index (χ1) is 7.09. The summed E-state index contributed by atoms with van der Waals surface area (Å²) in [6.45, 7) is 0. The lowest BCUT2D eigenvalue weighted by atomic mass is 10.2. The first kappa shape index (κ1) is 9.50. The minimum Gasteiger partial charge on any atom is -0.365 e. The Morgan fingerprint density at radius 2 is 1.80 bits per heavy atom. The third kappa shape index (κ3) is 1.51. The van der Waals surface area contributed by atoms with Crippen LogP contribution in [0.1, 0.15) is 0 Å². The summed E-state index contributed by atoms with van der Waals surface area (Å²) in [6.07, 6.45) is 0. The van der Waals surface area contributed by atoms with Gasteiger partial charge in [-0.25, -0.2) is 13.2 Å². The second-order valence-electron chi connectivity index (χ2n) is 2.68. The second kappa shape index (κ2) is 3.26. The highest BCUT2D eigenvalue weighted by Gasteiger charge is 2.20. The molecular formula is C8H4F3N3O. The summed E-state index contributed by atoms with van der Waals surface area (Å²) >= 11 is 0. The third-order valence-electron chi connectivity index (χ3n) is 1.70. The average molecular weight is 215 g/mol. The van der Waals surface area contributed by atoms with Crippen molar-refractivity contribution in [2.24, 2.45) is 0 Å². The number of anilines is 1. The lowest BCUT2D eigenvalue weighted by Crippen LogP contribution is -1.94. The van der Waals surface area contributed by atoms with Crippen molar-refractivity contribution in [1.82, 2.24) is 10.1 Å². The maximum absolute atomic E-state index is 13.2. The summed E-state index contributed by atoms with van der Waals surface area (Å²) in [6, 6.07) is 1.42. The molecule has 7 heteroatoms. The Bertz CT molecular complexity index is 512. The smallest absolute Gasteiger partial charge is 0.265 e. The Morgan fingerprint density at radius 1 is 1.13 bits per heavy atom. The molecule has 0 aliphatic carbocycles. The van der Waals surface area contributed by atoms with Gasteiger partial charge in [-0.1, -0.05) is 0 Å². The Labute approximate surface area is 81.5 Å². The molecule has 1 heterocycles. The van der Waals surface area contributed by atoms with Crippen LogP contribution in [0, 0.1) is 17.5 Å². The van der Waals surface area contributed by atoms with Gasteiger partial charge in [0.1, 0.15) is 11.4 Å². The number of nitrogens with zero attached hydrogens (tertiary/aromatic N) is 2. The van der Waals surface area contributed by atoms with Crippen LogP contribution in [0.2, 0.25) is 0 Å². The van der Waals surface area contributed by atoms with Gasteiger partial charge >= 0.3 is 0 Å². The van der Waals surface area contributed by atoms with Gasteiger partial charge in [0.15, 0.2) is 11.6 Å². The van der Waals surface area contributed by atoms with Crippen LogP contribution in [-0.2, 0) is 0 Å². The van der Waals surface area contributed by atoms with E-state index >= 15 is 0 Å². The maximum Gasteiger partial charge on any atom is 0.265 e. The normalized spacial score (nSPS) is 10.6. The van der Waals surface area contributed by atoms with Gasteiger partial charge in [-0.2, -0.15) is 4.98 Å². The van der Waals surface area contributed by atoms with Crippen molar-refractivity contribution >= 4 is 5.95 Å². The minimum atomic E-state index is -1.39. The molecule has 2 N–H and O–H groups in total. The molecule has 2 rings (SSSR count). The molecule has 0 saturated heterocycles. The Morgan fingerprint density at radius 3 is 2.40 bits per heavy atom. The molecule has 0 aliphatic rings. The number of hydrogen-bond donors (Lipinski definition) is 1. The van der Waals surface area contributed by atoms with Crippen molar-refractivity contribution in [3.05, 3.63) is 29.6 Å². The summed E-state index contributed by atoms with van der Waals surface area (Å²) in [7, 11) is 0. The van der Waals surface area contributed by atoms with E-state index in [1.54, 1.807) is 0 Å². The standard InChI is InChI=1S/C8H4F3N3O/c9-3-1-2-4(10)6(11)5(3)7-13-8(12)14-15-7/h1-2H,(H2,12,14). The number of benzene rings is 1. The summed E-state index contributed by atoms with van der Waals surface area (Å²) in [5.41, 5.74) is 4.38. The molecule has 15 heavy (non-hydrogen) atoms. The summed E-state index contributed by atoms with van der Waals surface area (Å²) < 4.78 is 43.5. The fourth-order valence-electron chi connectivity index (χ4n) is 1.06. The summed E-state index contributed by atoms with van der Waals surface area (Å²) in [5, 5.41) is 3.14. The Balaban J connectivity index is 2.66. The van der Waals surface area contributed by atoms with E-state index in [1.807, 2.05) is 0 Å². The van der Waals surface area contributed by atoms with Gasteiger partial charge in [0.05, 0.1) is 0 Å². The SMILES string of the molecule is Nc1noc(-c2c(F)ccc(F)c2F)n1. The third-order valence-corrected chi connectivity index (χ3v) is 1.70. The minimum absolute atomic E-state index is 0.284. The molecule has 0 atom stereocenters. The monoisotopic (exact) mass is 215 g/mol. The Hall–Kier alpha value is -2.05. The number of hydrogen-bond acceptors (Lipinski definition) is 4. The van der Waals surface area contributed by atoms with Crippen LogP contribution in [0.25, 0.3) is 11.5 Å². The first-order valence-electron chi connectivity index (χ1n) is 3.82. The predicted octanol–water partition coefficient (Wildman–Crippen LogP) is 1.74. The predicted molar refractivity (Wildman–Crippen MR) is 44.0 cm³/mol. The van der Waals surface area contributed by atoms with E-state index in [9.17, 15) is 13.2 Å². The second-order valence-corrected chi connectivity index (χ2v) is 2.68. The zero-order chi connectivity index (χ0) is 11.0. The molecule has 1 aromatic heterocycles. The van der Waals surface area contributed by atoms with Crippen molar-refractivity contribution in [2.75, 3.05) is 5.73 Å². The van der Waals surface area contributed by atoms with Gasteiger partial charge in [-0.15, -0.1) is 0 Å². The molecular weight excluding hydrogens is 211 g/mol. The lowest BCUT2D eigenvalue weighted by Gasteiger charge is -1.99. The van der Waals surface area contributed by atoms with Crippen molar-refractivity contribution in [3.63, 3.8) is 0 Å². The lowest BCUT2D eigenvalue weighted by molar-refractivity contribution is 0.422. The highest BCUT2D eigenvalue weighted by molar-refractivity contribution is 5.55.